The SMILES string of the molecule is CCN1CCN(CCC(O)c2sc(C)nc2C)CC1. The first kappa shape index (κ1) is 14.9. The molecule has 1 aliphatic heterocycles. The van der Waals surface area contributed by atoms with Gasteiger partial charge in [-0.2, -0.15) is 0 Å². The lowest BCUT2D eigenvalue weighted by molar-refractivity contribution is 0.106. The molecular weight excluding hydrogens is 258 g/mol. The van der Waals surface area contributed by atoms with Gasteiger partial charge in [0.15, 0.2) is 0 Å². The van der Waals surface area contributed by atoms with Gasteiger partial charge in [-0.05, 0) is 26.8 Å². The quantitative estimate of drug-likeness (QED) is 0.895. The minimum Gasteiger partial charge on any atom is -0.387 e. The third-order valence-electron chi connectivity index (χ3n) is 3.87. The molecule has 108 valence electrons. The fourth-order valence-electron chi connectivity index (χ4n) is 2.62. The standard InChI is InChI=1S/C14H25N3OS/c1-4-16-7-9-17(10-8-16)6-5-13(18)14-11(2)15-12(3)19-14/h13,18H,4-10H2,1-3H3. The summed E-state index contributed by atoms with van der Waals surface area (Å²) in [5.41, 5.74) is 0.991. The van der Waals surface area contributed by atoms with E-state index < -0.39 is 0 Å². The van der Waals surface area contributed by atoms with Crippen LogP contribution in [0.25, 0.3) is 0 Å². The Bertz CT molecular complexity index is 399. The fraction of sp³-hybridized carbons (Fsp3) is 0.786. The van der Waals surface area contributed by atoms with Gasteiger partial charge in [-0.15, -0.1) is 11.3 Å². The molecule has 1 unspecified atom stereocenters. The van der Waals surface area contributed by atoms with Crippen LogP contribution in [0.4, 0.5) is 0 Å². The molecule has 0 aliphatic carbocycles. The summed E-state index contributed by atoms with van der Waals surface area (Å²) >= 11 is 1.63. The van der Waals surface area contributed by atoms with Gasteiger partial charge in [0, 0.05) is 32.7 Å². The lowest BCUT2D eigenvalue weighted by Gasteiger charge is -2.34. The zero-order valence-corrected chi connectivity index (χ0v) is 13.0. The Morgan fingerprint density at radius 3 is 2.37 bits per heavy atom. The van der Waals surface area contributed by atoms with Crippen molar-refractivity contribution >= 4 is 11.3 Å². The molecule has 0 radical (unpaired) electrons. The van der Waals surface area contributed by atoms with Crippen molar-refractivity contribution in [3.63, 3.8) is 0 Å². The zero-order valence-electron chi connectivity index (χ0n) is 12.2. The molecule has 0 bridgehead atoms. The molecular formula is C14H25N3OS. The molecule has 1 fully saturated rings. The number of rotatable bonds is 5. The normalized spacial score (nSPS) is 19.8. The highest BCUT2D eigenvalue weighted by Gasteiger charge is 2.19. The molecule has 4 nitrogen and oxygen atoms in total. The third-order valence-corrected chi connectivity index (χ3v) is 5.05. The van der Waals surface area contributed by atoms with Crippen molar-refractivity contribution in [1.29, 1.82) is 0 Å². The van der Waals surface area contributed by atoms with Crippen LogP contribution in [0.2, 0.25) is 0 Å². The molecule has 1 atom stereocenters. The van der Waals surface area contributed by atoms with Gasteiger partial charge in [0.1, 0.15) is 0 Å². The summed E-state index contributed by atoms with van der Waals surface area (Å²) in [7, 11) is 0. The van der Waals surface area contributed by atoms with Crippen molar-refractivity contribution < 1.29 is 5.11 Å². The van der Waals surface area contributed by atoms with E-state index in [1.165, 1.54) is 0 Å². The van der Waals surface area contributed by atoms with Crippen molar-refractivity contribution in [3.8, 4) is 0 Å². The number of thiazole rings is 1. The molecule has 2 rings (SSSR count). The van der Waals surface area contributed by atoms with E-state index in [2.05, 4.69) is 21.7 Å². The predicted octanol–water partition coefficient (Wildman–Crippen LogP) is 1.82. The summed E-state index contributed by atoms with van der Waals surface area (Å²) in [6, 6.07) is 0. The first-order valence-electron chi connectivity index (χ1n) is 7.17. The van der Waals surface area contributed by atoms with Crippen molar-refractivity contribution in [3.05, 3.63) is 15.6 Å². The molecule has 2 heterocycles. The summed E-state index contributed by atoms with van der Waals surface area (Å²) in [6.45, 7) is 12.9. The van der Waals surface area contributed by atoms with Crippen LogP contribution in [0.5, 0.6) is 0 Å². The Morgan fingerprint density at radius 1 is 1.21 bits per heavy atom. The predicted molar refractivity (Wildman–Crippen MR) is 79.7 cm³/mol. The van der Waals surface area contributed by atoms with E-state index in [-0.39, 0.29) is 6.10 Å². The zero-order chi connectivity index (χ0) is 13.8. The Morgan fingerprint density at radius 2 is 1.84 bits per heavy atom. The monoisotopic (exact) mass is 283 g/mol. The Hall–Kier alpha value is -0.490. The van der Waals surface area contributed by atoms with Crippen LogP contribution in [0.1, 0.15) is 35.0 Å². The van der Waals surface area contributed by atoms with Gasteiger partial charge in [-0.1, -0.05) is 6.92 Å². The van der Waals surface area contributed by atoms with Crippen LogP contribution in [-0.2, 0) is 0 Å². The van der Waals surface area contributed by atoms with E-state index in [9.17, 15) is 5.11 Å². The molecule has 0 saturated carbocycles. The van der Waals surface area contributed by atoms with Crippen LogP contribution < -0.4 is 0 Å². The minimum absolute atomic E-state index is 0.351. The smallest absolute Gasteiger partial charge is 0.0913 e. The van der Waals surface area contributed by atoms with E-state index in [0.717, 1.165) is 61.3 Å². The van der Waals surface area contributed by atoms with E-state index in [1.807, 2.05) is 13.8 Å². The van der Waals surface area contributed by atoms with Gasteiger partial charge < -0.3 is 14.9 Å². The van der Waals surface area contributed by atoms with Crippen LogP contribution in [0.15, 0.2) is 0 Å². The first-order chi connectivity index (χ1) is 9.10. The Labute approximate surface area is 120 Å². The minimum atomic E-state index is -0.351. The first-order valence-corrected chi connectivity index (χ1v) is 7.98. The molecule has 5 heteroatoms. The second-order valence-electron chi connectivity index (χ2n) is 5.26. The Balaban J connectivity index is 1.78. The molecule has 0 spiro atoms. The van der Waals surface area contributed by atoms with Gasteiger partial charge in [0.25, 0.3) is 0 Å². The average Bonchev–Trinajstić information content (AvgIpc) is 2.75. The largest absolute Gasteiger partial charge is 0.387 e. The number of aromatic nitrogens is 1. The molecule has 19 heavy (non-hydrogen) atoms. The van der Waals surface area contributed by atoms with Crippen LogP contribution in [-0.4, -0.2) is 59.2 Å². The van der Waals surface area contributed by atoms with Crippen LogP contribution in [0.3, 0.4) is 0 Å². The van der Waals surface area contributed by atoms with Gasteiger partial charge in [0.2, 0.25) is 0 Å². The molecule has 1 aliphatic rings. The maximum absolute atomic E-state index is 10.3. The Kier molecular flexibility index (Phi) is 5.33. The van der Waals surface area contributed by atoms with Gasteiger partial charge in [-0.3, -0.25) is 0 Å². The van der Waals surface area contributed by atoms with Crippen LogP contribution in [0, 0.1) is 13.8 Å². The highest BCUT2D eigenvalue weighted by atomic mass is 32.1. The number of nitrogens with zero attached hydrogens (tertiary/aromatic N) is 3. The van der Waals surface area contributed by atoms with E-state index >= 15 is 0 Å². The second kappa shape index (κ2) is 6.79. The van der Waals surface area contributed by atoms with Crippen molar-refractivity contribution in [2.45, 2.75) is 33.3 Å². The van der Waals surface area contributed by atoms with Crippen molar-refractivity contribution in [2.24, 2.45) is 0 Å². The van der Waals surface area contributed by atoms with Crippen molar-refractivity contribution in [2.75, 3.05) is 39.3 Å². The maximum Gasteiger partial charge on any atom is 0.0913 e. The van der Waals surface area contributed by atoms with E-state index in [1.54, 1.807) is 11.3 Å². The van der Waals surface area contributed by atoms with Gasteiger partial charge >= 0.3 is 0 Å². The molecule has 1 N–H and O–H groups in total. The van der Waals surface area contributed by atoms with Crippen molar-refractivity contribution in [1.82, 2.24) is 14.8 Å². The molecule has 0 aromatic carbocycles. The average molecular weight is 283 g/mol. The summed E-state index contributed by atoms with van der Waals surface area (Å²) in [5.74, 6) is 0. The summed E-state index contributed by atoms with van der Waals surface area (Å²) in [4.78, 5) is 10.4. The molecule has 1 aromatic rings. The highest BCUT2D eigenvalue weighted by Crippen LogP contribution is 2.27. The summed E-state index contributed by atoms with van der Waals surface area (Å²) in [5, 5.41) is 11.3. The van der Waals surface area contributed by atoms with E-state index in [4.69, 9.17) is 0 Å². The van der Waals surface area contributed by atoms with Crippen LogP contribution >= 0.6 is 11.3 Å². The van der Waals surface area contributed by atoms with Gasteiger partial charge in [0.05, 0.1) is 21.7 Å². The number of hydrogen-bond acceptors (Lipinski definition) is 5. The number of aliphatic hydroxyl groups excluding tert-OH is 1. The summed E-state index contributed by atoms with van der Waals surface area (Å²) < 4.78 is 0. The fourth-order valence-corrected chi connectivity index (χ4v) is 3.57. The number of likely N-dealkylation sites (N-methyl/N-ethyl adjacent to an activating group) is 1. The number of aliphatic hydroxyl groups is 1. The molecule has 1 saturated heterocycles. The third kappa shape index (κ3) is 3.99. The number of aryl methyl sites for hydroxylation is 2. The second-order valence-corrected chi connectivity index (χ2v) is 6.50. The topological polar surface area (TPSA) is 39.6 Å². The maximum atomic E-state index is 10.3. The number of piperazine rings is 1. The highest BCUT2D eigenvalue weighted by molar-refractivity contribution is 7.11. The lowest BCUT2D eigenvalue weighted by Crippen LogP contribution is -2.46. The van der Waals surface area contributed by atoms with E-state index in [0.29, 0.717) is 0 Å². The van der Waals surface area contributed by atoms with Gasteiger partial charge in [-0.25, -0.2) is 4.98 Å². The lowest BCUT2D eigenvalue weighted by atomic mass is 10.1. The number of hydrogen-bond donors (Lipinski definition) is 1. The molecule has 0 amide bonds. The summed E-state index contributed by atoms with van der Waals surface area (Å²) in [6.07, 6.45) is 0.463. The molecule has 1 aromatic heterocycles.